The van der Waals surface area contributed by atoms with Gasteiger partial charge in [0.05, 0.1) is 6.04 Å². The zero-order chi connectivity index (χ0) is 13.8. The first-order valence-electron chi connectivity index (χ1n) is 6.73. The van der Waals surface area contributed by atoms with Gasteiger partial charge < -0.3 is 9.73 Å². The summed E-state index contributed by atoms with van der Waals surface area (Å²) in [6.07, 6.45) is 0.910. The van der Waals surface area contributed by atoms with E-state index in [0.717, 1.165) is 40.6 Å². The Balaban J connectivity index is 2.38. The van der Waals surface area contributed by atoms with Crippen molar-refractivity contribution < 1.29 is 4.42 Å². The van der Waals surface area contributed by atoms with Crippen molar-refractivity contribution in [1.29, 1.82) is 0 Å². The highest BCUT2D eigenvalue weighted by Gasteiger charge is 2.17. The molecule has 3 heteroatoms. The second-order valence-electron chi connectivity index (χ2n) is 4.71. The quantitative estimate of drug-likeness (QED) is 0.870. The molecule has 1 unspecified atom stereocenters. The third-order valence-electron chi connectivity index (χ3n) is 3.12. The first kappa shape index (κ1) is 14.2. The number of halogens is 1. The van der Waals surface area contributed by atoms with Gasteiger partial charge in [0.15, 0.2) is 0 Å². The molecule has 1 aromatic heterocycles. The van der Waals surface area contributed by atoms with Crippen LogP contribution in [0.5, 0.6) is 0 Å². The van der Waals surface area contributed by atoms with Gasteiger partial charge in [0.1, 0.15) is 11.5 Å². The third-order valence-corrected chi connectivity index (χ3v) is 3.34. The highest BCUT2D eigenvalue weighted by Crippen LogP contribution is 2.27. The largest absolute Gasteiger partial charge is 0.464 e. The Morgan fingerprint density at radius 2 is 2.00 bits per heavy atom. The molecule has 0 aliphatic heterocycles. The lowest BCUT2D eigenvalue weighted by atomic mass is 10.0. The average molecular weight is 278 g/mol. The van der Waals surface area contributed by atoms with Crippen LogP contribution in [0, 0.1) is 6.92 Å². The summed E-state index contributed by atoms with van der Waals surface area (Å²) in [5, 5.41) is 4.22. The van der Waals surface area contributed by atoms with Gasteiger partial charge in [-0.2, -0.15) is 0 Å². The van der Waals surface area contributed by atoms with Crippen molar-refractivity contribution in [1.82, 2.24) is 5.32 Å². The van der Waals surface area contributed by atoms with Crippen LogP contribution in [0.3, 0.4) is 0 Å². The molecular weight excluding hydrogens is 258 g/mol. The van der Waals surface area contributed by atoms with Crippen molar-refractivity contribution >= 4 is 11.6 Å². The first-order valence-corrected chi connectivity index (χ1v) is 7.11. The Bertz CT molecular complexity index is 527. The molecule has 0 bridgehead atoms. The molecule has 0 radical (unpaired) electrons. The molecule has 19 heavy (non-hydrogen) atoms. The van der Waals surface area contributed by atoms with E-state index in [-0.39, 0.29) is 6.04 Å². The minimum absolute atomic E-state index is 0.0581. The van der Waals surface area contributed by atoms with E-state index in [1.54, 1.807) is 0 Å². The topological polar surface area (TPSA) is 25.2 Å². The fraction of sp³-hybridized carbons (Fsp3) is 0.375. The van der Waals surface area contributed by atoms with E-state index in [9.17, 15) is 0 Å². The predicted molar refractivity (Wildman–Crippen MR) is 79.8 cm³/mol. The van der Waals surface area contributed by atoms with Gasteiger partial charge in [-0.15, -0.1) is 0 Å². The van der Waals surface area contributed by atoms with Crippen LogP contribution in [0.25, 0.3) is 0 Å². The summed E-state index contributed by atoms with van der Waals surface area (Å²) in [5.41, 5.74) is 2.30. The standard InChI is InChI=1S/C16H20ClNO/c1-4-14-6-7-15(19-14)16(18-5-2)12-8-11(3)9-13(17)10-12/h6-10,16,18H,4-5H2,1-3H3. The maximum atomic E-state index is 6.16. The monoisotopic (exact) mass is 277 g/mol. The lowest BCUT2D eigenvalue weighted by Crippen LogP contribution is -2.21. The van der Waals surface area contributed by atoms with E-state index in [0.29, 0.717) is 0 Å². The minimum atomic E-state index is 0.0581. The number of rotatable bonds is 5. The summed E-state index contributed by atoms with van der Waals surface area (Å²) in [7, 11) is 0. The molecule has 2 nitrogen and oxygen atoms in total. The molecule has 1 heterocycles. The predicted octanol–water partition coefficient (Wildman–Crippen LogP) is 4.50. The van der Waals surface area contributed by atoms with E-state index < -0.39 is 0 Å². The van der Waals surface area contributed by atoms with Crippen molar-refractivity contribution in [2.75, 3.05) is 6.54 Å². The molecule has 1 atom stereocenters. The summed E-state index contributed by atoms with van der Waals surface area (Å²) in [4.78, 5) is 0. The van der Waals surface area contributed by atoms with E-state index in [1.165, 1.54) is 0 Å². The second-order valence-corrected chi connectivity index (χ2v) is 5.15. The summed E-state index contributed by atoms with van der Waals surface area (Å²) in [6, 6.07) is 10.2. The van der Waals surface area contributed by atoms with Crippen LogP contribution < -0.4 is 5.32 Å². The summed E-state index contributed by atoms with van der Waals surface area (Å²) >= 11 is 6.16. The molecule has 0 saturated carbocycles. The normalized spacial score (nSPS) is 12.6. The van der Waals surface area contributed by atoms with Gasteiger partial charge in [-0.05, 0) is 48.9 Å². The van der Waals surface area contributed by atoms with Gasteiger partial charge in [0, 0.05) is 11.4 Å². The molecule has 0 aliphatic rings. The highest BCUT2D eigenvalue weighted by molar-refractivity contribution is 6.30. The molecule has 0 fully saturated rings. The lowest BCUT2D eigenvalue weighted by Gasteiger charge is -2.17. The maximum absolute atomic E-state index is 6.16. The molecule has 102 valence electrons. The summed E-state index contributed by atoms with van der Waals surface area (Å²) in [6.45, 7) is 7.11. The molecular formula is C16H20ClNO. The van der Waals surface area contributed by atoms with Crippen LogP contribution in [0.1, 0.15) is 42.5 Å². The molecule has 0 aliphatic carbocycles. The molecule has 2 rings (SSSR count). The van der Waals surface area contributed by atoms with Crippen LogP contribution in [0.2, 0.25) is 5.02 Å². The van der Waals surface area contributed by atoms with Gasteiger partial charge in [-0.25, -0.2) is 0 Å². The Kier molecular flexibility index (Phi) is 4.67. The molecule has 1 N–H and O–H groups in total. The number of nitrogens with one attached hydrogen (secondary N) is 1. The van der Waals surface area contributed by atoms with Gasteiger partial charge in [-0.1, -0.05) is 31.5 Å². The number of aryl methyl sites for hydroxylation is 2. The second kappa shape index (κ2) is 6.27. The lowest BCUT2D eigenvalue weighted by molar-refractivity contribution is 0.426. The van der Waals surface area contributed by atoms with Crippen LogP contribution in [0.15, 0.2) is 34.7 Å². The van der Waals surface area contributed by atoms with Crippen molar-refractivity contribution in [3.05, 3.63) is 58.0 Å². The third kappa shape index (κ3) is 3.40. The van der Waals surface area contributed by atoms with Crippen LogP contribution in [-0.2, 0) is 6.42 Å². The maximum Gasteiger partial charge on any atom is 0.125 e. The molecule has 0 saturated heterocycles. The molecule has 0 spiro atoms. The Hall–Kier alpha value is -1.25. The van der Waals surface area contributed by atoms with Crippen molar-refractivity contribution in [2.24, 2.45) is 0 Å². The number of benzene rings is 1. The minimum Gasteiger partial charge on any atom is -0.464 e. The first-order chi connectivity index (χ1) is 9.13. The van der Waals surface area contributed by atoms with Gasteiger partial charge in [0.2, 0.25) is 0 Å². The fourth-order valence-electron chi connectivity index (χ4n) is 2.26. The number of hydrogen-bond acceptors (Lipinski definition) is 2. The van der Waals surface area contributed by atoms with Crippen LogP contribution >= 0.6 is 11.6 Å². The van der Waals surface area contributed by atoms with Crippen molar-refractivity contribution in [3.63, 3.8) is 0 Å². The average Bonchev–Trinajstić information content (AvgIpc) is 2.83. The summed E-state index contributed by atoms with van der Waals surface area (Å²) in [5.74, 6) is 1.96. The zero-order valence-corrected chi connectivity index (χ0v) is 12.4. The SMILES string of the molecule is CCNC(c1cc(C)cc(Cl)c1)c1ccc(CC)o1. The zero-order valence-electron chi connectivity index (χ0n) is 11.7. The number of furan rings is 1. The highest BCUT2D eigenvalue weighted by atomic mass is 35.5. The van der Waals surface area contributed by atoms with E-state index in [4.69, 9.17) is 16.0 Å². The Labute approximate surface area is 119 Å². The molecule has 0 amide bonds. The smallest absolute Gasteiger partial charge is 0.125 e. The van der Waals surface area contributed by atoms with Crippen molar-refractivity contribution in [2.45, 2.75) is 33.2 Å². The molecule has 2 aromatic rings. The fourth-order valence-corrected chi connectivity index (χ4v) is 2.56. The number of hydrogen-bond donors (Lipinski definition) is 1. The molecule has 1 aromatic carbocycles. The Morgan fingerprint density at radius 1 is 1.21 bits per heavy atom. The Morgan fingerprint density at radius 3 is 2.58 bits per heavy atom. The summed E-state index contributed by atoms with van der Waals surface area (Å²) < 4.78 is 5.88. The van der Waals surface area contributed by atoms with Gasteiger partial charge in [0.25, 0.3) is 0 Å². The van der Waals surface area contributed by atoms with E-state index in [2.05, 4.69) is 32.2 Å². The van der Waals surface area contributed by atoms with Gasteiger partial charge in [-0.3, -0.25) is 0 Å². The van der Waals surface area contributed by atoms with Crippen LogP contribution in [0.4, 0.5) is 0 Å². The van der Waals surface area contributed by atoms with E-state index >= 15 is 0 Å². The van der Waals surface area contributed by atoms with E-state index in [1.807, 2.05) is 24.3 Å². The van der Waals surface area contributed by atoms with Crippen LogP contribution in [-0.4, -0.2) is 6.54 Å². The van der Waals surface area contributed by atoms with Crippen molar-refractivity contribution in [3.8, 4) is 0 Å². The van der Waals surface area contributed by atoms with Gasteiger partial charge >= 0.3 is 0 Å².